The van der Waals surface area contributed by atoms with Crippen molar-refractivity contribution in [3.05, 3.63) is 29.8 Å². The number of nitrogens with one attached hydrogen (secondary N) is 1. The minimum absolute atomic E-state index is 0.105. The van der Waals surface area contributed by atoms with Crippen LogP contribution >= 0.6 is 0 Å². The summed E-state index contributed by atoms with van der Waals surface area (Å²) >= 11 is 0. The van der Waals surface area contributed by atoms with E-state index in [0.717, 1.165) is 0 Å². The van der Waals surface area contributed by atoms with Crippen molar-refractivity contribution in [3.63, 3.8) is 0 Å². The van der Waals surface area contributed by atoms with Gasteiger partial charge in [0.25, 0.3) is 5.91 Å². The highest BCUT2D eigenvalue weighted by molar-refractivity contribution is 5.94. The molecule has 1 aromatic carbocycles. The molecule has 0 radical (unpaired) electrons. The van der Waals surface area contributed by atoms with E-state index in [-0.39, 0.29) is 30.6 Å². The van der Waals surface area contributed by atoms with Crippen LogP contribution in [0.3, 0.4) is 0 Å². The summed E-state index contributed by atoms with van der Waals surface area (Å²) in [4.78, 5) is 22.5. The van der Waals surface area contributed by atoms with Crippen molar-refractivity contribution in [1.82, 2.24) is 5.32 Å². The first kappa shape index (κ1) is 13.0. The largest absolute Gasteiger partial charge is 0.508 e. The summed E-state index contributed by atoms with van der Waals surface area (Å²) in [6.07, 6.45) is 0.150. The molecule has 0 aliphatic carbocycles. The predicted octanol–water partition coefficient (Wildman–Crippen LogP) is 1.08. The van der Waals surface area contributed by atoms with Crippen LogP contribution in [0.5, 0.6) is 5.75 Å². The van der Waals surface area contributed by atoms with Gasteiger partial charge in [0.05, 0.1) is 13.0 Å². The summed E-state index contributed by atoms with van der Waals surface area (Å²) in [5.74, 6) is -0.513. The molecule has 5 heteroatoms. The van der Waals surface area contributed by atoms with Crippen molar-refractivity contribution in [1.29, 1.82) is 0 Å². The summed E-state index contributed by atoms with van der Waals surface area (Å²) in [5, 5.41) is 11.6. The highest BCUT2D eigenvalue weighted by Crippen LogP contribution is 2.09. The standard InChI is InChI=1S/C12H15NO4/c1-2-17-11(15)7-8-13-12(16)9-3-5-10(14)6-4-9/h3-6,14H,2,7-8H2,1H3,(H,13,16). The number of ether oxygens (including phenoxy) is 1. The number of hydrogen-bond donors (Lipinski definition) is 2. The van der Waals surface area contributed by atoms with Gasteiger partial charge in [-0.1, -0.05) is 0 Å². The lowest BCUT2D eigenvalue weighted by Gasteiger charge is -2.05. The maximum absolute atomic E-state index is 11.6. The first-order chi connectivity index (χ1) is 8.13. The van der Waals surface area contributed by atoms with E-state index in [9.17, 15) is 9.59 Å². The molecule has 0 heterocycles. The number of carbonyl (C=O) groups excluding carboxylic acids is 2. The third kappa shape index (κ3) is 4.55. The van der Waals surface area contributed by atoms with Crippen LogP contribution < -0.4 is 5.32 Å². The lowest BCUT2D eigenvalue weighted by Crippen LogP contribution is -2.26. The normalized spacial score (nSPS) is 9.71. The van der Waals surface area contributed by atoms with Crippen LogP contribution in [-0.4, -0.2) is 30.1 Å². The van der Waals surface area contributed by atoms with Crippen LogP contribution in [0.1, 0.15) is 23.7 Å². The zero-order valence-corrected chi connectivity index (χ0v) is 9.60. The van der Waals surface area contributed by atoms with Gasteiger partial charge >= 0.3 is 5.97 Å². The van der Waals surface area contributed by atoms with E-state index in [1.807, 2.05) is 0 Å². The van der Waals surface area contributed by atoms with Crippen molar-refractivity contribution in [2.24, 2.45) is 0 Å². The van der Waals surface area contributed by atoms with E-state index in [0.29, 0.717) is 12.2 Å². The van der Waals surface area contributed by atoms with E-state index in [4.69, 9.17) is 9.84 Å². The Balaban J connectivity index is 2.35. The van der Waals surface area contributed by atoms with E-state index in [1.54, 1.807) is 6.92 Å². The molecule has 0 bridgehead atoms. The maximum Gasteiger partial charge on any atom is 0.307 e. The van der Waals surface area contributed by atoms with Crippen LogP contribution in [0.4, 0.5) is 0 Å². The number of phenolic OH excluding ortho intramolecular Hbond substituents is 1. The second-order valence-electron chi connectivity index (χ2n) is 3.36. The molecular weight excluding hydrogens is 222 g/mol. The van der Waals surface area contributed by atoms with Gasteiger partial charge in [-0.2, -0.15) is 0 Å². The molecule has 2 N–H and O–H groups in total. The lowest BCUT2D eigenvalue weighted by molar-refractivity contribution is -0.142. The van der Waals surface area contributed by atoms with E-state index in [1.165, 1.54) is 24.3 Å². The molecular formula is C12H15NO4. The second kappa shape index (κ2) is 6.52. The molecule has 0 fully saturated rings. The van der Waals surface area contributed by atoms with E-state index >= 15 is 0 Å². The van der Waals surface area contributed by atoms with Crippen LogP contribution in [0.25, 0.3) is 0 Å². The minimum Gasteiger partial charge on any atom is -0.508 e. The van der Waals surface area contributed by atoms with Gasteiger partial charge in [0, 0.05) is 12.1 Å². The number of rotatable bonds is 5. The average Bonchev–Trinajstić information content (AvgIpc) is 2.30. The van der Waals surface area contributed by atoms with Gasteiger partial charge in [0.2, 0.25) is 0 Å². The SMILES string of the molecule is CCOC(=O)CCNC(=O)c1ccc(O)cc1. The monoisotopic (exact) mass is 237 g/mol. The Morgan fingerprint density at radius 2 is 1.94 bits per heavy atom. The Morgan fingerprint density at radius 1 is 1.29 bits per heavy atom. The molecule has 92 valence electrons. The number of benzene rings is 1. The van der Waals surface area contributed by atoms with Crippen molar-refractivity contribution in [2.45, 2.75) is 13.3 Å². The number of phenols is 1. The summed E-state index contributed by atoms with van der Waals surface area (Å²) in [7, 11) is 0. The number of amides is 1. The number of hydrogen-bond acceptors (Lipinski definition) is 4. The van der Waals surface area contributed by atoms with Crippen LogP contribution in [0.15, 0.2) is 24.3 Å². The maximum atomic E-state index is 11.6. The third-order valence-corrected chi connectivity index (χ3v) is 2.05. The molecule has 1 amide bonds. The van der Waals surface area contributed by atoms with Crippen LogP contribution in [0, 0.1) is 0 Å². The smallest absolute Gasteiger partial charge is 0.307 e. The molecule has 0 unspecified atom stereocenters. The van der Waals surface area contributed by atoms with E-state index in [2.05, 4.69) is 5.32 Å². The highest BCUT2D eigenvalue weighted by atomic mass is 16.5. The molecule has 1 rings (SSSR count). The van der Waals surface area contributed by atoms with Crippen molar-refractivity contribution in [2.75, 3.05) is 13.2 Å². The Bertz CT molecular complexity index is 386. The molecule has 5 nitrogen and oxygen atoms in total. The van der Waals surface area contributed by atoms with Gasteiger partial charge in [-0.3, -0.25) is 9.59 Å². The Morgan fingerprint density at radius 3 is 2.53 bits per heavy atom. The molecule has 1 aromatic rings. The van der Waals surface area contributed by atoms with Crippen molar-refractivity contribution < 1.29 is 19.4 Å². The summed E-state index contributed by atoms with van der Waals surface area (Å²) in [6, 6.07) is 5.88. The fraction of sp³-hybridized carbons (Fsp3) is 0.333. The Kier molecular flexibility index (Phi) is 5.00. The fourth-order valence-electron chi connectivity index (χ4n) is 1.23. The number of aromatic hydroxyl groups is 1. The van der Waals surface area contributed by atoms with Crippen LogP contribution in [0.2, 0.25) is 0 Å². The first-order valence-corrected chi connectivity index (χ1v) is 5.36. The number of carbonyl (C=O) groups is 2. The van der Waals surface area contributed by atoms with Gasteiger partial charge in [-0.05, 0) is 31.2 Å². The summed E-state index contributed by atoms with van der Waals surface area (Å²) in [6.45, 7) is 2.30. The Hall–Kier alpha value is -2.04. The topological polar surface area (TPSA) is 75.6 Å². The Labute approximate surface area is 99.4 Å². The van der Waals surface area contributed by atoms with E-state index < -0.39 is 0 Å². The minimum atomic E-state index is -0.335. The van der Waals surface area contributed by atoms with Gasteiger partial charge in [0.15, 0.2) is 0 Å². The fourth-order valence-corrected chi connectivity index (χ4v) is 1.23. The average molecular weight is 237 g/mol. The zero-order chi connectivity index (χ0) is 12.7. The highest BCUT2D eigenvalue weighted by Gasteiger charge is 2.06. The molecule has 17 heavy (non-hydrogen) atoms. The molecule has 0 aromatic heterocycles. The second-order valence-corrected chi connectivity index (χ2v) is 3.36. The third-order valence-electron chi connectivity index (χ3n) is 2.05. The van der Waals surface area contributed by atoms with Crippen LogP contribution in [-0.2, 0) is 9.53 Å². The quantitative estimate of drug-likeness (QED) is 0.751. The molecule has 0 spiro atoms. The van der Waals surface area contributed by atoms with Gasteiger partial charge < -0.3 is 15.2 Å². The first-order valence-electron chi connectivity index (χ1n) is 5.36. The summed E-state index contributed by atoms with van der Waals surface area (Å²) in [5.41, 5.74) is 0.437. The van der Waals surface area contributed by atoms with Gasteiger partial charge in [0.1, 0.15) is 5.75 Å². The van der Waals surface area contributed by atoms with Gasteiger partial charge in [-0.25, -0.2) is 0 Å². The van der Waals surface area contributed by atoms with Crippen molar-refractivity contribution in [3.8, 4) is 5.75 Å². The predicted molar refractivity (Wildman–Crippen MR) is 61.7 cm³/mol. The zero-order valence-electron chi connectivity index (χ0n) is 9.60. The molecule has 0 aliphatic heterocycles. The number of esters is 1. The molecule has 0 atom stereocenters. The van der Waals surface area contributed by atoms with Gasteiger partial charge in [-0.15, -0.1) is 0 Å². The lowest BCUT2D eigenvalue weighted by atomic mass is 10.2. The summed E-state index contributed by atoms with van der Waals surface area (Å²) < 4.78 is 4.72. The van der Waals surface area contributed by atoms with Crippen molar-refractivity contribution >= 4 is 11.9 Å². The molecule has 0 saturated heterocycles. The molecule has 0 aliphatic rings. The molecule has 0 saturated carbocycles.